The van der Waals surface area contributed by atoms with Crippen LogP contribution >= 0.6 is 0 Å². The molecule has 1 heterocycles. The monoisotopic (exact) mass is 178 g/mol. The molecule has 2 N–H and O–H groups in total. The molecule has 72 valence electrons. The van der Waals surface area contributed by atoms with E-state index in [1.165, 1.54) is 0 Å². The van der Waals surface area contributed by atoms with Crippen molar-refractivity contribution in [2.75, 3.05) is 13.1 Å². The van der Waals surface area contributed by atoms with Crippen LogP contribution in [0.4, 0.5) is 8.78 Å². The number of alkyl halides is 2. The smallest absolute Gasteiger partial charge is 0.265 e. The first kappa shape index (κ1) is 9.86. The molecule has 0 aromatic carbocycles. The topological polar surface area (TPSA) is 24.1 Å². The van der Waals surface area contributed by atoms with E-state index in [0.717, 1.165) is 0 Å². The molecular weight excluding hydrogens is 162 g/mol. The molecule has 0 aromatic rings. The van der Waals surface area contributed by atoms with Gasteiger partial charge in [-0.2, -0.15) is 0 Å². The minimum Gasteiger partial charge on any atom is -0.315 e. The van der Waals surface area contributed by atoms with Crippen LogP contribution in [0.2, 0.25) is 0 Å². The maximum Gasteiger partial charge on any atom is 0.265 e. The lowest BCUT2D eigenvalue weighted by Gasteiger charge is -2.33. The third-order valence-electron chi connectivity index (χ3n) is 2.03. The molecule has 0 saturated carbocycles. The van der Waals surface area contributed by atoms with Crippen molar-refractivity contribution in [3.05, 3.63) is 0 Å². The Labute approximate surface area is 71.7 Å². The van der Waals surface area contributed by atoms with Crippen LogP contribution in [0.25, 0.3) is 0 Å². The molecule has 12 heavy (non-hydrogen) atoms. The quantitative estimate of drug-likeness (QED) is 0.658. The molecule has 0 aliphatic carbocycles. The maximum absolute atomic E-state index is 13.1. The Bertz CT molecular complexity index is 148. The van der Waals surface area contributed by atoms with Crippen molar-refractivity contribution >= 4 is 0 Å². The van der Waals surface area contributed by atoms with Crippen molar-refractivity contribution in [1.82, 2.24) is 10.6 Å². The van der Waals surface area contributed by atoms with E-state index < -0.39 is 12.0 Å². The van der Waals surface area contributed by atoms with E-state index in [1.54, 1.807) is 0 Å². The first-order valence-corrected chi connectivity index (χ1v) is 4.37. The summed E-state index contributed by atoms with van der Waals surface area (Å²) in [5, 5.41) is 5.81. The predicted octanol–water partition coefficient (Wildman–Crippen LogP) is 0.982. The molecule has 1 aliphatic heterocycles. The summed E-state index contributed by atoms with van der Waals surface area (Å²) in [5.74, 6) is -2.55. The number of hydrogen-bond donors (Lipinski definition) is 2. The van der Waals surface area contributed by atoms with E-state index in [-0.39, 0.29) is 12.5 Å². The average molecular weight is 178 g/mol. The molecule has 0 radical (unpaired) electrons. The van der Waals surface area contributed by atoms with Crippen molar-refractivity contribution in [2.45, 2.75) is 38.3 Å². The van der Waals surface area contributed by atoms with Crippen LogP contribution in [-0.4, -0.2) is 31.1 Å². The Morgan fingerprint density at radius 2 is 2.17 bits per heavy atom. The van der Waals surface area contributed by atoms with Gasteiger partial charge in [-0.1, -0.05) is 13.8 Å². The average Bonchev–Trinajstić information content (AvgIpc) is 1.92. The molecular formula is C8H16F2N2. The summed E-state index contributed by atoms with van der Waals surface area (Å²) < 4.78 is 26.3. The van der Waals surface area contributed by atoms with Gasteiger partial charge < -0.3 is 10.6 Å². The lowest BCUT2D eigenvalue weighted by atomic mass is 10.0. The van der Waals surface area contributed by atoms with Crippen molar-refractivity contribution < 1.29 is 8.78 Å². The zero-order chi connectivity index (χ0) is 9.19. The van der Waals surface area contributed by atoms with Gasteiger partial charge >= 0.3 is 0 Å². The van der Waals surface area contributed by atoms with E-state index in [0.29, 0.717) is 13.1 Å². The van der Waals surface area contributed by atoms with Gasteiger partial charge in [0, 0.05) is 25.6 Å². The van der Waals surface area contributed by atoms with Crippen LogP contribution in [0, 0.1) is 0 Å². The number of halogens is 2. The van der Waals surface area contributed by atoms with Crippen molar-refractivity contribution in [1.29, 1.82) is 0 Å². The van der Waals surface area contributed by atoms with Crippen molar-refractivity contribution in [2.24, 2.45) is 0 Å². The number of hydrogen-bond acceptors (Lipinski definition) is 2. The van der Waals surface area contributed by atoms with E-state index in [1.807, 2.05) is 13.8 Å². The lowest BCUT2D eigenvalue weighted by Crippen LogP contribution is -2.57. The van der Waals surface area contributed by atoms with Crippen LogP contribution in [0.5, 0.6) is 0 Å². The number of piperidine rings is 1. The highest BCUT2D eigenvalue weighted by Crippen LogP contribution is 2.25. The van der Waals surface area contributed by atoms with Gasteiger partial charge in [-0.3, -0.25) is 0 Å². The molecule has 2 nitrogen and oxygen atoms in total. The van der Waals surface area contributed by atoms with Gasteiger partial charge in [0.1, 0.15) is 0 Å². The molecule has 4 heteroatoms. The minimum absolute atomic E-state index is 0.0581. The second kappa shape index (κ2) is 3.66. The van der Waals surface area contributed by atoms with Gasteiger partial charge in [-0.25, -0.2) is 8.78 Å². The summed E-state index contributed by atoms with van der Waals surface area (Å²) in [6, 6.07) is -0.591. The maximum atomic E-state index is 13.1. The highest BCUT2D eigenvalue weighted by molar-refractivity contribution is 4.90. The molecule has 0 spiro atoms. The lowest BCUT2D eigenvalue weighted by molar-refractivity contribution is -0.0588. The van der Waals surface area contributed by atoms with Gasteiger partial charge in [0.2, 0.25) is 0 Å². The van der Waals surface area contributed by atoms with Crippen LogP contribution in [-0.2, 0) is 0 Å². The molecule has 1 saturated heterocycles. The molecule has 0 aromatic heterocycles. The molecule has 1 aliphatic rings. The van der Waals surface area contributed by atoms with Gasteiger partial charge in [0.25, 0.3) is 5.92 Å². The molecule has 0 bridgehead atoms. The minimum atomic E-state index is -2.55. The van der Waals surface area contributed by atoms with Crippen molar-refractivity contribution in [3.63, 3.8) is 0 Å². The second-order valence-electron chi connectivity index (χ2n) is 3.59. The predicted molar refractivity (Wildman–Crippen MR) is 44.5 cm³/mol. The van der Waals surface area contributed by atoms with Crippen LogP contribution in [0.15, 0.2) is 0 Å². The SMILES string of the molecule is CC(C)N[C@H]1CNCCC1(F)F. The fraction of sp³-hybridized carbons (Fsp3) is 1.00. The largest absolute Gasteiger partial charge is 0.315 e. The van der Waals surface area contributed by atoms with Gasteiger partial charge in [-0.15, -0.1) is 0 Å². The highest BCUT2D eigenvalue weighted by atomic mass is 19.3. The van der Waals surface area contributed by atoms with Crippen molar-refractivity contribution in [3.8, 4) is 0 Å². The first-order valence-electron chi connectivity index (χ1n) is 4.37. The van der Waals surface area contributed by atoms with Crippen LogP contribution in [0.1, 0.15) is 20.3 Å². The number of rotatable bonds is 2. The standard InChI is InChI=1S/C8H16F2N2/c1-6(2)12-7-5-11-4-3-8(7,9)10/h6-7,11-12H,3-5H2,1-2H3/t7-/m0/s1. The summed E-state index contributed by atoms with van der Waals surface area (Å²) in [6.45, 7) is 4.55. The van der Waals surface area contributed by atoms with Crippen LogP contribution < -0.4 is 10.6 Å². The van der Waals surface area contributed by atoms with Gasteiger partial charge in [-0.05, 0) is 0 Å². The molecule has 1 rings (SSSR count). The molecule has 1 atom stereocenters. The zero-order valence-corrected chi connectivity index (χ0v) is 7.53. The normalized spacial score (nSPS) is 29.2. The number of nitrogens with one attached hydrogen (secondary N) is 2. The highest BCUT2D eigenvalue weighted by Gasteiger charge is 2.41. The van der Waals surface area contributed by atoms with E-state index in [2.05, 4.69) is 10.6 Å². The molecule has 1 fully saturated rings. The third kappa shape index (κ3) is 2.38. The van der Waals surface area contributed by atoms with Crippen LogP contribution in [0.3, 0.4) is 0 Å². The first-order chi connectivity index (χ1) is 5.52. The van der Waals surface area contributed by atoms with E-state index in [9.17, 15) is 8.78 Å². The summed E-state index contributed by atoms with van der Waals surface area (Å²) >= 11 is 0. The Balaban J connectivity index is 2.48. The van der Waals surface area contributed by atoms with E-state index in [4.69, 9.17) is 0 Å². The Hall–Kier alpha value is -0.220. The van der Waals surface area contributed by atoms with Gasteiger partial charge in [0.05, 0.1) is 6.04 Å². The second-order valence-corrected chi connectivity index (χ2v) is 3.59. The Kier molecular flexibility index (Phi) is 3.01. The summed E-state index contributed by atoms with van der Waals surface area (Å²) in [5.41, 5.74) is 0. The fourth-order valence-corrected chi connectivity index (χ4v) is 1.41. The van der Waals surface area contributed by atoms with Gasteiger partial charge in [0.15, 0.2) is 0 Å². The van der Waals surface area contributed by atoms with E-state index >= 15 is 0 Å². The Morgan fingerprint density at radius 3 is 2.67 bits per heavy atom. The summed E-state index contributed by atoms with van der Waals surface area (Å²) in [7, 11) is 0. The molecule has 0 unspecified atom stereocenters. The zero-order valence-electron chi connectivity index (χ0n) is 7.53. The molecule has 0 amide bonds. The Morgan fingerprint density at radius 1 is 1.50 bits per heavy atom. The fourth-order valence-electron chi connectivity index (χ4n) is 1.41. The summed E-state index contributed by atoms with van der Waals surface area (Å²) in [6.07, 6.45) is -0.0581. The summed E-state index contributed by atoms with van der Waals surface area (Å²) in [4.78, 5) is 0. The third-order valence-corrected chi connectivity index (χ3v) is 2.03.